The zero-order valence-corrected chi connectivity index (χ0v) is 27.8. The highest BCUT2D eigenvalue weighted by Crippen LogP contribution is 2.27. The summed E-state index contributed by atoms with van der Waals surface area (Å²) >= 11 is 0. The van der Waals surface area contributed by atoms with Gasteiger partial charge in [-0.15, -0.1) is 0 Å². The molecule has 0 saturated carbocycles. The third kappa shape index (κ3) is 23.1. The molecule has 0 fully saturated rings. The first kappa shape index (κ1) is 38.8. The molecule has 0 rings (SSSR count). The van der Waals surface area contributed by atoms with Gasteiger partial charge in [-0.05, 0) is 127 Å². The fourth-order valence-corrected chi connectivity index (χ4v) is 6.72. The second-order valence-corrected chi connectivity index (χ2v) is 13.5. The molecule has 0 aliphatic rings. The topological polar surface area (TPSA) is 68.2 Å². The molecule has 5 heteroatoms. The van der Waals surface area contributed by atoms with Gasteiger partial charge in [-0.3, -0.25) is 0 Å². The van der Waals surface area contributed by atoms with Gasteiger partial charge in [0, 0.05) is 13.2 Å². The third-order valence-corrected chi connectivity index (χ3v) is 7.99. The fraction of sp³-hybridized carbons (Fsp3) is 1.00. The third-order valence-electron chi connectivity index (χ3n) is 7.99. The van der Waals surface area contributed by atoms with E-state index in [1.165, 1.54) is 38.5 Å². The van der Waals surface area contributed by atoms with Crippen molar-refractivity contribution in [1.29, 1.82) is 0 Å². The monoisotopic (exact) mass is 559 g/mol. The van der Waals surface area contributed by atoms with Gasteiger partial charge in [-0.2, -0.15) is 0 Å². The van der Waals surface area contributed by atoms with Gasteiger partial charge in [0.05, 0.1) is 12.2 Å². The van der Waals surface area contributed by atoms with Crippen LogP contribution in [0.2, 0.25) is 0 Å². The number of hydrogen-bond acceptors (Lipinski definition) is 5. The fourth-order valence-electron chi connectivity index (χ4n) is 6.72. The number of hydrogen-bond donors (Lipinski definition) is 2. The Balaban J connectivity index is 4.46. The van der Waals surface area contributed by atoms with E-state index in [2.05, 4.69) is 41.5 Å². The lowest BCUT2D eigenvalue weighted by molar-refractivity contribution is -0.247. The highest BCUT2D eigenvalue weighted by molar-refractivity contribution is 4.68. The standard InChI is InChI=1S/C34H70O5/c1-11-37-33(17-13-15-25(3)19-27(5)21-29(7)23-31(9)35)39-34(38-12-2)18-14-16-26(4)20-28(6)22-30(8)24-32(10)36/h25-36H,11-24H2,1-10H3. The molecule has 39 heavy (non-hydrogen) atoms. The summed E-state index contributed by atoms with van der Waals surface area (Å²) in [6.45, 7) is 23.1. The Morgan fingerprint density at radius 1 is 0.436 bits per heavy atom. The number of rotatable bonds is 26. The Morgan fingerprint density at radius 3 is 1.05 bits per heavy atom. The predicted octanol–water partition coefficient (Wildman–Crippen LogP) is 8.99. The molecule has 0 amide bonds. The van der Waals surface area contributed by atoms with Crippen LogP contribution in [0.3, 0.4) is 0 Å². The van der Waals surface area contributed by atoms with Gasteiger partial charge in [0.15, 0.2) is 12.6 Å². The van der Waals surface area contributed by atoms with Crippen molar-refractivity contribution in [3.63, 3.8) is 0 Å². The minimum absolute atomic E-state index is 0.199. The summed E-state index contributed by atoms with van der Waals surface area (Å²) in [5, 5.41) is 19.3. The maximum absolute atomic E-state index is 9.64. The maximum atomic E-state index is 9.64. The highest BCUT2D eigenvalue weighted by Gasteiger charge is 2.20. The lowest BCUT2D eigenvalue weighted by Crippen LogP contribution is -2.27. The molecule has 0 saturated heterocycles. The van der Waals surface area contributed by atoms with Crippen LogP contribution < -0.4 is 0 Å². The first-order valence-electron chi connectivity index (χ1n) is 16.6. The summed E-state index contributed by atoms with van der Waals surface area (Å²) in [5.74, 6) is 3.90. The quantitative estimate of drug-likeness (QED) is 0.104. The minimum Gasteiger partial charge on any atom is -0.393 e. The van der Waals surface area contributed by atoms with Gasteiger partial charge >= 0.3 is 0 Å². The van der Waals surface area contributed by atoms with Crippen molar-refractivity contribution in [2.45, 2.75) is 171 Å². The molecule has 0 spiro atoms. The van der Waals surface area contributed by atoms with Crippen molar-refractivity contribution < 1.29 is 24.4 Å². The molecule has 0 bridgehead atoms. The van der Waals surface area contributed by atoms with Crippen molar-refractivity contribution in [2.24, 2.45) is 35.5 Å². The van der Waals surface area contributed by atoms with Crippen LogP contribution in [0.25, 0.3) is 0 Å². The summed E-state index contributed by atoms with van der Waals surface area (Å²) in [4.78, 5) is 0. The molecule has 0 aromatic carbocycles. The molecule has 0 aromatic rings. The first-order chi connectivity index (χ1) is 18.4. The average molecular weight is 559 g/mol. The number of aliphatic hydroxyl groups is 2. The second-order valence-electron chi connectivity index (χ2n) is 13.5. The predicted molar refractivity (Wildman–Crippen MR) is 166 cm³/mol. The van der Waals surface area contributed by atoms with Crippen LogP contribution in [0.4, 0.5) is 0 Å². The number of ether oxygens (including phenoxy) is 3. The van der Waals surface area contributed by atoms with Gasteiger partial charge in [0.2, 0.25) is 0 Å². The van der Waals surface area contributed by atoms with Crippen LogP contribution in [-0.2, 0) is 14.2 Å². The van der Waals surface area contributed by atoms with Crippen LogP contribution in [0.5, 0.6) is 0 Å². The molecule has 5 nitrogen and oxygen atoms in total. The van der Waals surface area contributed by atoms with E-state index in [-0.39, 0.29) is 24.8 Å². The Kier molecular flexibility index (Phi) is 23.3. The van der Waals surface area contributed by atoms with Crippen LogP contribution in [0, 0.1) is 35.5 Å². The molecule has 10 atom stereocenters. The summed E-state index contributed by atoms with van der Waals surface area (Å²) in [6, 6.07) is 0. The van der Waals surface area contributed by atoms with E-state index in [9.17, 15) is 10.2 Å². The van der Waals surface area contributed by atoms with Gasteiger partial charge in [-0.25, -0.2) is 0 Å². The zero-order valence-electron chi connectivity index (χ0n) is 27.8. The SMILES string of the molecule is CCOC(CCCC(C)CC(C)CC(C)CC(C)O)OC(CCCC(C)CC(C)CC(C)CC(C)O)OCC. The van der Waals surface area contributed by atoms with E-state index in [4.69, 9.17) is 14.2 Å². The molecular weight excluding hydrogens is 488 g/mol. The second kappa shape index (κ2) is 23.4. The van der Waals surface area contributed by atoms with Crippen LogP contribution in [0.1, 0.15) is 146 Å². The maximum Gasteiger partial charge on any atom is 0.160 e. The molecular formula is C34H70O5. The lowest BCUT2D eigenvalue weighted by Gasteiger charge is -2.26. The minimum atomic E-state index is -0.200. The zero-order chi connectivity index (χ0) is 29.8. The van der Waals surface area contributed by atoms with Crippen molar-refractivity contribution in [1.82, 2.24) is 0 Å². The van der Waals surface area contributed by atoms with Crippen molar-refractivity contribution in [2.75, 3.05) is 13.2 Å². The molecule has 0 heterocycles. The van der Waals surface area contributed by atoms with E-state index in [0.717, 1.165) is 38.5 Å². The van der Waals surface area contributed by atoms with Gasteiger partial charge < -0.3 is 24.4 Å². The molecule has 10 unspecified atom stereocenters. The van der Waals surface area contributed by atoms with Gasteiger partial charge in [-0.1, -0.05) is 54.4 Å². The van der Waals surface area contributed by atoms with Crippen molar-refractivity contribution >= 4 is 0 Å². The van der Waals surface area contributed by atoms with E-state index >= 15 is 0 Å². The van der Waals surface area contributed by atoms with Crippen LogP contribution >= 0.6 is 0 Å². The van der Waals surface area contributed by atoms with Gasteiger partial charge in [0.25, 0.3) is 0 Å². The lowest BCUT2D eigenvalue weighted by atomic mass is 9.86. The number of aliphatic hydroxyl groups excluding tert-OH is 2. The summed E-state index contributed by atoms with van der Waals surface area (Å²) < 4.78 is 18.3. The molecule has 2 N–H and O–H groups in total. The normalized spacial score (nSPS) is 20.0. The Hall–Kier alpha value is -0.200. The Bertz CT molecular complexity index is 494. The molecule has 0 aliphatic carbocycles. The van der Waals surface area contributed by atoms with E-state index in [0.29, 0.717) is 48.7 Å². The largest absolute Gasteiger partial charge is 0.393 e. The van der Waals surface area contributed by atoms with E-state index in [1.54, 1.807) is 0 Å². The van der Waals surface area contributed by atoms with Crippen LogP contribution in [-0.4, -0.2) is 48.2 Å². The van der Waals surface area contributed by atoms with Crippen LogP contribution in [0.15, 0.2) is 0 Å². The Morgan fingerprint density at radius 2 is 0.744 bits per heavy atom. The van der Waals surface area contributed by atoms with Gasteiger partial charge in [0.1, 0.15) is 0 Å². The van der Waals surface area contributed by atoms with E-state index in [1.807, 2.05) is 27.7 Å². The average Bonchev–Trinajstić information content (AvgIpc) is 2.77. The summed E-state index contributed by atoms with van der Waals surface area (Å²) in [7, 11) is 0. The van der Waals surface area contributed by atoms with Crippen molar-refractivity contribution in [3.05, 3.63) is 0 Å². The summed E-state index contributed by atoms with van der Waals surface area (Å²) in [5.41, 5.74) is 0. The highest BCUT2D eigenvalue weighted by atomic mass is 16.8. The van der Waals surface area contributed by atoms with E-state index < -0.39 is 0 Å². The molecule has 0 radical (unpaired) electrons. The molecule has 0 aliphatic heterocycles. The smallest absolute Gasteiger partial charge is 0.160 e. The molecule has 236 valence electrons. The summed E-state index contributed by atoms with van der Waals surface area (Å²) in [6.07, 6.45) is 12.2. The molecule has 0 aromatic heterocycles. The first-order valence-corrected chi connectivity index (χ1v) is 16.6. The van der Waals surface area contributed by atoms with Crippen molar-refractivity contribution in [3.8, 4) is 0 Å². The Labute approximate surface area is 244 Å².